The molecule has 7 heteroatoms. The quantitative estimate of drug-likeness (QED) is 0.864. The summed E-state index contributed by atoms with van der Waals surface area (Å²) in [6, 6.07) is 7.83. The van der Waals surface area contributed by atoms with E-state index in [4.69, 9.17) is 11.6 Å². The van der Waals surface area contributed by atoms with E-state index in [0.717, 1.165) is 23.8 Å². The van der Waals surface area contributed by atoms with Gasteiger partial charge in [-0.25, -0.2) is 13.6 Å². The minimum Gasteiger partial charge on any atom is -0.452 e. The molecule has 1 N–H and O–H groups in total. The Labute approximate surface area is 136 Å². The highest BCUT2D eigenvalue weighted by Gasteiger charge is 2.19. The summed E-state index contributed by atoms with van der Waals surface area (Å²) < 4.78 is 31.4. The first-order valence-electron chi connectivity index (χ1n) is 6.55. The van der Waals surface area contributed by atoms with E-state index in [-0.39, 0.29) is 0 Å². The zero-order chi connectivity index (χ0) is 17.0. The van der Waals surface area contributed by atoms with Crippen LogP contribution in [0, 0.1) is 18.6 Å². The molecular weight excluding hydrogens is 328 g/mol. The molecule has 2 rings (SSSR count). The highest BCUT2D eigenvalue weighted by atomic mass is 35.5. The lowest BCUT2D eigenvalue weighted by molar-refractivity contribution is -0.119. The molecule has 23 heavy (non-hydrogen) atoms. The number of amides is 1. The molecule has 0 heterocycles. The van der Waals surface area contributed by atoms with Crippen LogP contribution in [0.15, 0.2) is 36.4 Å². The smallest absolute Gasteiger partial charge is 0.344 e. The van der Waals surface area contributed by atoms with Crippen LogP contribution in [-0.2, 0) is 9.53 Å². The van der Waals surface area contributed by atoms with Crippen molar-refractivity contribution in [2.75, 3.05) is 11.9 Å². The van der Waals surface area contributed by atoms with Gasteiger partial charge in [0.25, 0.3) is 5.91 Å². The van der Waals surface area contributed by atoms with E-state index >= 15 is 0 Å². The van der Waals surface area contributed by atoms with Crippen LogP contribution in [0.25, 0.3) is 0 Å². The number of rotatable bonds is 4. The predicted octanol–water partition coefficient (Wildman–Crippen LogP) is 3.72. The van der Waals surface area contributed by atoms with E-state index in [9.17, 15) is 18.4 Å². The summed E-state index contributed by atoms with van der Waals surface area (Å²) in [5, 5.41) is 2.92. The molecule has 0 aromatic heterocycles. The van der Waals surface area contributed by atoms with Crippen molar-refractivity contribution in [1.29, 1.82) is 0 Å². The van der Waals surface area contributed by atoms with E-state index in [1.165, 1.54) is 6.07 Å². The summed E-state index contributed by atoms with van der Waals surface area (Å²) in [4.78, 5) is 23.3. The average molecular weight is 340 g/mol. The number of carbonyl (C=O) groups is 2. The number of benzene rings is 2. The third-order valence-electron chi connectivity index (χ3n) is 2.96. The molecule has 0 fully saturated rings. The maximum absolute atomic E-state index is 13.4. The number of anilines is 1. The lowest BCUT2D eigenvalue weighted by atomic mass is 10.2. The third-order valence-corrected chi connectivity index (χ3v) is 3.36. The summed E-state index contributed by atoms with van der Waals surface area (Å²) in [7, 11) is 0. The van der Waals surface area contributed by atoms with E-state index in [1.807, 2.05) is 0 Å². The van der Waals surface area contributed by atoms with Gasteiger partial charge in [-0.15, -0.1) is 0 Å². The van der Waals surface area contributed by atoms with E-state index in [2.05, 4.69) is 10.1 Å². The van der Waals surface area contributed by atoms with Gasteiger partial charge in [0.2, 0.25) is 0 Å². The van der Waals surface area contributed by atoms with Crippen LogP contribution in [-0.4, -0.2) is 18.5 Å². The lowest BCUT2D eigenvalue weighted by Gasteiger charge is -2.08. The molecule has 0 bridgehead atoms. The Balaban J connectivity index is 1.96. The number of hydrogen-bond donors (Lipinski definition) is 1. The molecule has 4 nitrogen and oxygen atoms in total. The maximum atomic E-state index is 13.4. The Morgan fingerprint density at radius 3 is 2.43 bits per heavy atom. The van der Waals surface area contributed by atoms with Crippen molar-refractivity contribution in [3.63, 3.8) is 0 Å². The van der Waals surface area contributed by atoms with E-state index < -0.39 is 35.7 Å². The summed E-state index contributed by atoms with van der Waals surface area (Å²) in [5.41, 5.74) is 0.420. The van der Waals surface area contributed by atoms with Crippen LogP contribution in [0.1, 0.15) is 15.9 Å². The Morgan fingerprint density at radius 2 is 1.83 bits per heavy atom. The fourth-order valence-corrected chi connectivity index (χ4v) is 1.94. The normalized spacial score (nSPS) is 10.3. The number of aryl methyl sites for hydroxylation is 1. The molecule has 0 unspecified atom stereocenters. The minimum absolute atomic E-state index is 0.415. The molecule has 2 aromatic rings. The number of halogens is 3. The first-order valence-corrected chi connectivity index (χ1v) is 6.93. The zero-order valence-corrected chi connectivity index (χ0v) is 12.8. The second-order valence-corrected chi connectivity index (χ2v) is 5.09. The second-order valence-electron chi connectivity index (χ2n) is 4.68. The topological polar surface area (TPSA) is 55.4 Å². The molecule has 2 aromatic carbocycles. The second kappa shape index (κ2) is 7.19. The first kappa shape index (κ1) is 16.9. The van der Waals surface area contributed by atoms with Crippen LogP contribution >= 0.6 is 11.6 Å². The molecule has 0 aliphatic carbocycles. The van der Waals surface area contributed by atoms with Gasteiger partial charge in [0, 0.05) is 10.7 Å². The monoisotopic (exact) mass is 339 g/mol. The van der Waals surface area contributed by atoms with Crippen molar-refractivity contribution in [3.05, 3.63) is 64.2 Å². The van der Waals surface area contributed by atoms with Gasteiger partial charge >= 0.3 is 5.97 Å². The Morgan fingerprint density at radius 1 is 1.17 bits per heavy atom. The van der Waals surface area contributed by atoms with Gasteiger partial charge in [-0.05, 0) is 36.8 Å². The van der Waals surface area contributed by atoms with Crippen LogP contribution in [0.3, 0.4) is 0 Å². The van der Waals surface area contributed by atoms with E-state index in [0.29, 0.717) is 10.7 Å². The maximum Gasteiger partial charge on any atom is 0.344 e. The highest BCUT2D eigenvalue weighted by Crippen LogP contribution is 2.20. The number of carbonyl (C=O) groups excluding carboxylic acids is 2. The number of hydrogen-bond acceptors (Lipinski definition) is 3. The Kier molecular flexibility index (Phi) is 5.28. The van der Waals surface area contributed by atoms with Gasteiger partial charge in [-0.3, -0.25) is 4.79 Å². The molecule has 0 atom stereocenters. The third kappa shape index (κ3) is 4.26. The SMILES string of the molecule is Cc1ccc(NC(=O)COC(=O)c2c(F)cccc2F)cc1Cl. The molecule has 1 amide bonds. The van der Waals surface area contributed by atoms with Gasteiger partial charge < -0.3 is 10.1 Å². The van der Waals surface area contributed by atoms with Crippen LogP contribution in [0.4, 0.5) is 14.5 Å². The van der Waals surface area contributed by atoms with Gasteiger partial charge in [0.1, 0.15) is 17.2 Å². The fraction of sp³-hybridized carbons (Fsp3) is 0.125. The fourth-order valence-electron chi connectivity index (χ4n) is 1.76. The Bertz CT molecular complexity index is 745. The van der Waals surface area contributed by atoms with Gasteiger partial charge in [0.05, 0.1) is 0 Å². The van der Waals surface area contributed by atoms with Crippen molar-refractivity contribution >= 4 is 29.2 Å². The van der Waals surface area contributed by atoms with Crippen molar-refractivity contribution in [2.24, 2.45) is 0 Å². The summed E-state index contributed by atoms with van der Waals surface area (Å²) in [5.74, 6) is -4.02. The van der Waals surface area contributed by atoms with Crippen LogP contribution in [0.5, 0.6) is 0 Å². The number of esters is 1. The first-order chi connectivity index (χ1) is 10.9. The summed E-state index contributed by atoms with van der Waals surface area (Å²) in [6.45, 7) is 1.12. The summed E-state index contributed by atoms with van der Waals surface area (Å²) >= 11 is 5.92. The zero-order valence-electron chi connectivity index (χ0n) is 12.0. The van der Waals surface area contributed by atoms with Crippen LogP contribution in [0.2, 0.25) is 5.02 Å². The van der Waals surface area contributed by atoms with Crippen LogP contribution < -0.4 is 5.32 Å². The average Bonchev–Trinajstić information content (AvgIpc) is 2.49. The standard InChI is InChI=1S/C16H12ClF2NO3/c1-9-5-6-10(7-11(9)17)20-14(21)8-23-16(22)15-12(18)3-2-4-13(15)19/h2-7H,8H2,1H3,(H,20,21). The molecule has 0 aliphatic rings. The van der Waals surface area contributed by atoms with Crippen molar-refractivity contribution in [1.82, 2.24) is 0 Å². The highest BCUT2D eigenvalue weighted by molar-refractivity contribution is 6.31. The molecular formula is C16H12ClF2NO3. The molecule has 0 saturated carbocycles. The largest absolute Gasteiger partial charge is 0.452 e. The van der Waals surface area contributed by atoms with Gasteiger partial charge in [-0.2, -0.15) is 0 Å². The molecule has 120 valence electrons. The van der Waals surface area contributed by atoms with Crippen molar-refractivity contribution < 1.29 is 23.1 Å². The van der Waals surface area contributed by atoms with Gasteiger partial charge in [-0.1, -0.05) is 23.7 Å². The molecule has 0 aliphatic heterocycles. The molecule has 0 spiro atoms. The molecule has 0 radical (unpaired) electrons. The summed E-state index contributed by atoms with van der Waals surface area (Å²) in [6.07, 6.45) is 0. The van der Waals surface area contributed by atoms with Crippen molar-refractivity contribution in [3.8, 4) is 0 Å². The predicted molar refractivity (Wildman–Crippen MR) is 81.5 cm³/mol. The van der Waals surface area contributed by atoms with E-state index in [1.54, 1.807) is 19.1 Å². The Hall–Kier alpha value is -2.47. The number of nitrogens with one attached hydrogen (secondary N) is 1. The minimum atomic E-state index is -1.25. The van der Waals surface area contributed by atoms with Crippen molar-refractivity contribution in [2.45, 2.75) is 6.92 Å². The molecule has 0 saturated heterocycles. The van der Waals surface area contributed by atoms with Gasteiger partial charge in [0.15, 0.2) is 6.61 Å². The lowest BCUT2D eigenvalue weighted by Crippen LogP contribution is -2.22. The number of ether oxygens (including phenoxy) is 1.